The number of nitrogens with zero attached hydrogens (tertiary/aromatic N) is 1. The minimum Gasteiger partial charge on any atom is -0.380 e. The van der Waals surface area contributed by atoms with Gasteiger partial charge in [-0.25, -0.2) is 0 Å². The van der Waals surface area contributed by atoms with Crippen molar-refractivity contribution in [3.63, 3.8) is 0 Å². The quantitative estimate of drug-likeness (QED) is 0.393. The van der Waals surface area contributed by atoms with Crippen LogP contribution < -0.4 is 10.6 Å². The maximum absolute atomic E-state index is 13.1. The summed E-state index contributed by atoms with van der Waals surface area (Å²) in [4.78, 5) is 39.7. The van der Waals surface area contributed by atoms with E-state index in [9.17, 15) is 37.8 Å². The first-order chi connectivity index (χ1) is 14.9. The van der Waals surface area contributed by atoms with Crippen LogP contribution >= 0.6 is 0 Å². The zero-order chi connectivity index (χ0) is 23.3. The standard InChI is InChI=1S/C20H28F3N3O6/c21-20(22,23)32-9-14(27)12(7-11-1-6-24-15(11)28)25-16(29)13-8-18(2-3-18)10-26(13)17(30)19(31)4-5-19/h11-13,15,24,28,31H,1-10H2,(H,25,29)/t11-,12-,13-,15?/m0/s1. The van der Waals surface area contributed by atoms with Gasteiger partial charge in [0.2, 0.25) is 5.91 Å². The third kappa shape index (κ3) is 5.08. The van der Waals surface area contributed by atoms with E-state index in [1.807, 2.05) is 0 Å². The molecule has 0 aromatic rings. The van der Waals surface area contributed by atoms with Gasteiger partial charge in [-0.05, 0) is 56.9 Å². The number of carbonyl (C=O) groups is 3. The number of halogens is 3. The van der Waals surface area contributed by atoms with Gasteiger partial charge in [-0.3, -0.25) is 24.4 Å². The maximum Gasteiger partial charge on any atom is 0.522 e. The summed E-state index contributed by atoms with van der Waals surface area (Å²) in [5.41, 5.74) is -1.62. The Morgan fingerprint density at radius 1 is 1.22 bits per heavy atom. The lowest BCUT2D eigenvalue weighted by Gasteiger charge is -2.29. The monoisotopic (exact) mass is 463 g/mol. The highest BCUT2D eigenvalue weighted by molar-refractivity contribution is 5.96. The summed E-state index contributed by atoms with van der Waals surface area (Å²) in [6, 6.07) is -2.21. The van der Waals surface area contributed by atoms with Crippen LogP contribution in [0.2, 0.25) is 0 Å². The Morgan fingerprint density at radius 3 is 2.44 bits per heavy atom. The Bertz CT molecular complexity index is 783. The molecule has 2 amide bonds. The van der Waals surface area contributed by atoms with Crippen LogP contribution in [0.25, 0.3) is 0 Å². The summed E-state index contributed by atoms with van der Waals surface area (Å²) in [6.07, 6.45) is -2.77. The third-order valence-electron chi connectivity index (χ3n) is 7.09. The zero-order valence-electron chi connectivity index (χ0n) is 17.5. The number of hydrogen-bond donors (Lipinski definition) is 4. The predicted molar refractivity (Wildman–Crippen MR) is 102 cm³/mol. The Labute approximate surface area is 182 Å². The summed E-state index contributed by atoms with van der Waals surface area (Å²) >= 11 is 0. The van der Waals surface area contributed by atoms with Gasteiger partial charge in [0.15, 0.2) is 5.78 Å². The van der Waals surface area contributed by atoms with Crippen molar-refractivity contribution in [2.45, 2.75) is 75.2 Å². The van der Waals surface area contributed by atoms with E-state index in [1.165, 1.54) is 4.90 Å². The first-order valence-corrected chi connectivity index (χ1v) is 10.9. The van der Waals surface area contributed by atoms with Crippen LogP contribution in [0.5, 0.6) is 0 Å². The fraction of sp³-hybridized carbons (Fsp3) is 0.850. The van der Waals surface area contributed by atoms with Gasteiger partial charge in [0.25, 0.3) is 5.91 Å². The lowest BCUT2D eigenvalue weighted by molar-refractivity contribution is -0.321. The van der Waals surface area contributed by atoms with Crippen LogP contribution in [-0.4, -0.2) is 82.7 Å². The number of likely N-dealkylation sites (tertiary alicyclic amines) is 1. The highest BCUT2D eigenvalue weighted by atomic mass is 19.4. The van der Waals surface area contributed by atoms with Crippen LogP contribution in [0, 0.1) is 11.3 Å². The molecule has 12 heteroatoms. The van der Waals surface area contributed by atoms with Gasteiger partial charge in [0, 0.05) is 12.5 Å². The van der Waals surface area contributed by atoms with Crippen molar-refractivity contribution in [3.05, 3.63) is 0 Å². The van der Waals surface area contributed by atoms with Gasteiger partial charge >= 0.3 is 6.36 Å². The van der Waals surface area contributed by atoms with Gasteiger partial charge in [-0.1, -0.05) is 0 Å². The minimum absolute atomic E-state index is 0.0598. The number of aliphatic hydroxyl groups excluding tert-OH is 1. The molecule has 9 nitrogen and oxygen atoms in total. The average molecular weight is 463 g/mol. The second-order valence-corrected chi connectivity index (χ2v) is 9.63. The van der Waals surface area contributed by atoms with Crippen LogP contribution in [-0.2, 0) is 19.1 Å². The SMILES string of the molecule is O=C(COC(F)(F)F)[C@H](C[C@@H]1CCNC1O)NC(=O)[C@@H]1CC2(CC2)CN1C(=O)C1(O)CC1. The van der Waals surface area contributed by atoms with E-state index in [0.717, 1.165) is 12.8 Å². The van der Waals surface area contributed by atoms with Crippen molar-refractivity contribution in [2.24, 2.45) is 11.3 Å². The summed E-state index contributed by atoms with van der Waals surface area (Å²) < 4.78 is 40.9. The van der Waals surface area contributed by atoms with E-state index in [-0.39, 0.29) is 11.8 Å². The molecule has 2 saturated heterocycles. The molecule has 4 fully saturated rings. The van der Waals surface area contributed by atoms with Crippen molar-refractivity contribution >= 4 is 17.6 Å². The number of Topliss-reactive ketones (excluding diaryl/α,β-unsaturated/α-hetero) is 1. The summed E-state index contributed by atoms with van der Waals surface area (Å²) in [7, 11) is 0. The lowest BCUT2D eigenvalue weighted by Crippen LogP contribution is -2.54. The van der Waals surface area contributed by atoms with E-state index in [2.05, 4.69) is 15.4 Å². The molecule has 0 aromatic heterocycles. The zero-order valence-corrected chi connectivity index (χ0v) is 17.5. The van der Waals surface area contributed by atoms with Gasteiger partial charge in [-0.15, -0.1) is 13.2 Å². The van der Waals surface area contributed by atoms with Crippen molar-refractivity contribution in [1.82, 2.24) is 15.5 Å². The van der Waals surface area contributed by atoms with E-state index < -0.39 is 60.4 Å². The molecule has 1 unspecified atom stereocenters. The van der Waals surface area contributed by atoms with E-state index >= 15 is 0 Å². The largest absolute Gasteiger partial charge is 0.522 e. The Morgan fingerprint density at radius 2 is 1.91 bits per heavy atom. The summed E-state index contributed by atoms with van der Waals surface area (Å²) in [5, 5.41) is 25.5. The molecule has 2 aliphatic heterocycles. The Hall–Kier alpha value is -1.76. The molecule has 1 spiro atoms. The molecule has 4 rings (SSSR count). The van der Waals surface area contributed by atoms with Crippen molar-refractivity contribution < 1.29 is 42.5 Å². The number of aliphatic hydroxyl groups is 2. The average Bonchev–Trinajstić information content (AvgIpc) is 3.56. The van der Waals surface area contributed by atoms with E-state index in [4.69, 9.17) is 0 Å². The van der Waals surface area contributed by atoms with Crippen LogP contribution in [0.3, 0.4) is 0 Å². The summed E-state index contributed by atoms with van der Waals surface area (Å²) in [5.74, 6) is -2.55. The van der Waals surface area contributed by atoms with E-state index in [0.29, 0.717) is 38.8 Å². The van der Waals surface area contributed by atoms with Crippen LogP contribution in [0.1, 0.15) is 44.9 Å². The Balaban J connectivity index is 1.46. The minimum atomic E-state index is -4.99. The molecule has 4 aliphatic rings. The number of ketones is 1. The Kier molecular flexibility index (Phi) is 6.02. The molecule has 0 aromatic carbocycles. The molecule has 2 aliphatic carbocycles. The topological polar surface area (TPSA) is 128 Å². The van der Waals surface area contributed by atoms with Crippen LogP contribution in [0.15, 0.2) is 0 Å². The van der Waals surface area contributed by atoms with Crippen molar-refractivity contribution in [1.29, 1.82) is 0 Å². The van der Waals surface area contributed by atoms with Gasteiger partial charge in [0.1, 0.15) is 24.5 Å². The number of amides is 2. The van der Waals surface area contributed by atoms with Crippen LogP contribution in [0.4, 0.5) is 13.2 Å². The van der Waals surface area contributed by atoms with Gasteiger partial charge in [-0.2, -0.15) is 0 Å². The van der Waals surface area contributed by atoms with Gasteiger partial charge in [0.05, 0.1) is 6.04 Å². The number of hydrogen-bond acceptors (Lipinski definition) is 7. The second kappa shape index (κ2) is 8.23. The van der Waals surface area contributed by atoms with Gasteiger partial charge < -0.3 is 20.4 Å². The molecule has 0 radical (unpaired) electrons. The maximum atomic E-state index is 13.1. The number of nitrogens with one attached hydrogen (secondary N) is 2. The molecule has 2 saturated carbocycles. The molecule has 2 heterocycles. The number of ether oxygens (including phenoxy) is 1. The third-order valence-corrected chi connectivity index (χ3v) is 7.09. The first kappa shape index (κ1) is 23.4. The summed E-state index contributed by atoms with van der Waals surface area (Å²) in [6.45, 7) is -0.444. The number of rotatable bonds is 8. The molecular formula is C20H28F3N3O6. The lowest BCUT2D eigenvalue weighted by atomic mass is 9.94. The highest BCUT2D eigenvalue weighted by Crippen LogP contribution is 2.56. The van der Waals surface area contributed by atoms with E-state index in [1.54, 1.807) is 0 Å². The molecule has 180 valence electrons. The molecule has 32 heavy (non-hydrogen) atoms. The number of alkyl halides is 3. The fourth-order valence-corrected chi connectivity index (χ4v) is 4.73. The van der Waals surface area contributed by atoms with Crippen molar-refractivity contribution in [2.75, 3.05) is 19.7 Å². The molecule has 4 atom stereocenters. The molecule has 0 bridgehead atoms. The first-order valence-electron chi connectivity index (χ1n) is 10.9. The smallest absolute Gasteiger partial charge is 0.380 e. The second-order valence-electron chi connectivity index (χ2n) is 9.63. The normalized spacial score (nSPS) is 30.9. The fourth-order valence-electron chi connectivity index (χ4n) is 4.73. The highest BCUT2D eigenvalue weighted by Gasteiger charge is 2.60. The van der Waals surface area contributed by atoms with Crippen molar-refractivity contribution in [3.8, 4) is 0 Å². The number of carbonyl (C=O) groups excluding carboxylic acids is 3. The molecular weight excluding hydrogens is 435 g/mol. The molecule has 4 N–H and O–H groups in total. The predicted octanol–water partition coefficient (Wildman–Crippen LogP) is -0.199.